The molecule has 1 amide bonds. The first-order valence-corrected chi connectivity index (χ1v) is 7.89. The molecule has 1 aromatic heterocycles. The Morgan fingerprint density at radius 1 is 1.23 bits per heavy atom. The molecule has 1 N–H and O–H groups in total. The van der Waals surface area contributed by atoms with Crippen LogP contribution in [-0.2, 0) is 11.3 Å². The number of nitrogens with one attached hydrogen (secondary N) is 1. The lowest BCUT2D eigenvalue weighted by atomic mass is 10.2. The molecule has 0 radical (unpaired) electrons. The van der Waals surface area contributed by atoms with Crippen LogP contribution in [0.2, 0.25) is 0 Å². The standard InChI is InChI=1S/C19H16N4O3/c24-19(9-6-15-2-1-3-18(12-15)23(25)26)21-13-16-4-7-17(8-5-16)22-11-10-20-14-22/h1-12,14H,13H2,(H,21,24)/b9-6+. The highest BCUT2D eigenvalue weighted by Gasteiger charge is 2.04. The number of hydrogen-bond acceptors (Lipinski definition) is 4. The molecule has 3 rings (SSSR count). The van der Waals surface area contributed by atoms with Crippen LogP contribution in [-0.4, -0.2) is 20.4 Å². The van der Waals surface area contributed by atoms with Crippen molar-refractivity contribution >= 4 is 17.7 Å². The van der Waals surface area contributed by atoms with Gasteiger partial charge in [-0.1, -0.05) is 24.3 Å². The number of nitro groups is 1. The van der Waals surface area contributed by atoms with Crippen molar-refractivity contribution in [2.24, 2.45) is 0 Å². The van der Waals surface area contributed by atoms with Gasteiger partial charge in [-0.15, -0.1) is 0 Å². The van der Waals surface area contributed by atoms with Gasteiger partial charge >= 0.3 is 0 Å². The maximum absolute atomic E-state index is 11.9. The first kappa shape index (κ1) is 17.1. The molecule has 0 bridgehead atoms. The van der Waals surface area contributed by atoms with Crippen LogP contribution in [0.5, 0.6) is 0 Å². The smallest absolute Gasteiger partial charge is 0.270 e. The monoisotopic (exact) mass is 348 g/mol. The number of benzene rings is 2. The van der Waals surface area contributed by atoms with Gasteiger partial charge in [-0.2, -0.15) is 0 Å². The number of carbonyl (C=O) groups is 1. The third kappa shape index (κ3) is 4.41. The second-order valence-corrected chi connectivity index (χ2v) is 5.54. The fourth-order valence-corrected chi connectivity index (χ4v) is 2.36. The van der Waals surface area contributed by atoms with E-state index in [1.807, 2.05) is 35.0 Å². The molecule has 0 aliphatic rings. The molecule has 130 valence electrons. The van der Waals surface area contributed by atoms with Gasteiger partial charge in [0.2, 0.25) is 5.91 Å². The number of non-ortho nitro benzene ring substituents is 1. The van der Waals surface area contributed by atoms with Crippen molar-refractivity contribution in [2.75, 3.05) is 0 Å². The number of nitrogens with zero attached hydrogens (tertiary/aromatic N) is 3. The van der Waals surface area contributed by atoms with E-state index in [4.69, 9.17) is 0 Å². The van der Waals surface area contributed by atoms with Gasteiger partial charge in [-0.3, -0.25) is 14.9 Å². The van der Waals surface area contributed by atoms with Crippen molar-refractivity contribution in [2.45, 2.75) is 6.54 Å². The number of hydrogen-bond donors (Lipinski definition) is 1. The number of nitro benzene ring substituents is 1. The predicted molar refractivity (Wildman–Crippen MR) is 97.5 cm³/mol. The summed E-state index contributed by atoms with van der Waals surface area (Å²) in [6.07, 6.45) is 8.19. The summed E-state index contributed by atoms with van der Waals surface area (Å²) in [4.78, 5) is 26.2. The van der Waals surface area contributed by atoms with E-state index in [-0.39, 0.29) is 11.6 Å². The van der Waals surface area contributed by atoms with E-state index in [0.717, 1.165) is 11.3 Å². The van der Waals surface area contributed by atoms with E-state index in [2.05, 4.69) is 10.3 Å². The zero-order valence-electron chi connectivity index (χ0n) is 13.8. The Kier molecular flexibility index (Phi) is 5.19. The van der Waals surface area contributed by atoms with Gasteiger partial charge in [0, 0.05) is 42.8 Å². The zero-order valence-corrected chi connectivity index (χ0v) is 13.8. The Bertz CT molecular complexity index is 932. The van der Waals surface area contributed by atoms with Crippen LogP contribution >= 0.6 is 0 Å². The molecule has 0 unspecified atom stereocenters. The summed E-state index contributed by atoms with van der Waals surface area (Å²) in [5.74, 6) is -0.268. The van der Waals surface area contributed by atoms with Crippen LogP contribution in [0.15, 0.2) is 73.3 Å². The fourth-order valence-electron chi connectivity index (χ4n) is 2.36. The molecule has 0 spiro atoms. The summed E-state index contributed by atoms with van der Waals surface area (Å²) < 4.78 is 1.89. The van der Waals surface area contributed by atoms with Crippen molar-refractivity contribution in [1.29, 1.82) is 0 Å². The quantitative estimate of drug-likeness (QED) is 0.421. The van der Waals surface area contributed by atoms with Gasteiger partial charge in [0.1, 0.15) is 0 Å². The number of rotatable bonds is 6. The van der Waals surface area contributed by atoms with Crippen molar-refractivity contribution in [3.8, 4) is 5.69 Å². The molecule has 7 nitrogen and oxygen atoms in total. The second-order valence-electron chi connectivity index (χ2n) is 5.54. The lowest BCUT2D eigenvalue weighted by molar-refractivity contribution is -0.384. The maximum atomic E-state index is 11.9. The molecule has 0 atom stereocenters. The highest BCUT2D eigenvalue weighted by molar-refractivity contribution is 5.91. The van der Waals surface area contributed by atoms with Crippen molar-refractivity contribution in [1.82, 2.24) is 14.9 Å². The highest BCUT2D eigenvalue weighted by Crippen LogP contribution is 2.14. The molecule has 0 saturated heterocycles. The van der Waals surface area contributed by atoms with Crippen molar-refractivity contribution in [3.05, 3.63) is 94.6 Å². The third-order valence-electron chi connectivity index (χ3n) is 3.71. The molecule has 0 saturated carbocycles. The summed E-state index contributed by atoms with van der Waals surface area (Å²) in [6, 6.07) is 13.9. The van der Waals surface area contributed by atoms with Crippen LogP contribution in [0.1, 0.15) is 11.1 Å². The Balaban J connectivity index is 1.55. The molecule has 0 aliphatic heterocycles. The van der Waals surface area contributed by atoms with E-state index in [9.17, 15) is 14.9 Å². The maximum Gasteiger partial charge on any atom is 0.270 e. The van der Waals surface area contributed by atoms with Crippen LogP contribution in [0.25, 0.3) is 11.8 Å². The van der Waals surface area contributed by atoms with Crippen LogP contribution in [0, 0.1) is 10.1 Å². The van der Waals surface area contributed by atoms with Crippen LogP contribution in [0.3, 0.4) is 0 Å². The fraction of sp³-hybridized carbons (Fsp3) is 0.0526. The van der Waals surface area contributed by atoms with Gasteiger partial charge in [-0.05, 0) is 29.3 Å². The Hall–Kier alpha value is -3.74. The van der Waals surface area contributed by atoms with E-state index < -0.39 is 4.92 Å². The Morgan fingerprint density at radius 2 is 2.04 bits per heavy atom. The topological polar surface area (TPSA) is 90.1 Å². The summed E-state index contributed by atoms with van der Waals surface area (Å²) >= 11 is 0. The normalized spacial score (nSPS) is 10.8. The van der Waals surface area contributed by atoms with Gasteiger partial charge < -0.3 is 9.88 Å². The largest absolute Gasteiger partial charge is 0.348 e. The molecular weight excluding hydrogens is 332 g/mol. The SMILES string of the molecule is O=C(/C=C/c1cccc([N+](=O)[O-])c1)NCc1ccc(-n2ccnc2)cc1. The molecule has 2 aromatic carbocycles. The highest BCUT2D eigenvalue weighted by atomic mass is 16.6. The average molecular weight is 348 g/mol. The van der Waals surface area contributed by atoms with Crippen LogP contribution < -0.4 is 5.32 Å². The molecule has 7 heteroatoms. The Labute approximate surface area is 149 Å². The molecule has 1 heterocycles. The molecular formula is C19H16N4O3. The number of amides is 1. The molecule has 3 aromatic rings. The first-order valence-electron chi connectivity index (χ1n) is 7.89. The lowest BCUT2D eigenvalue weighted by Crippen LogP contribution is -2.20. The summed E-state index contributed by atoms with van der Waals surface area (Å²) in [5.41, 5.74) is 2.54. The van der Waals surface area contributed by atoms with E-state index in [1.165, 1.54) is 18.2 Å². The van der Waals surface area contributed by atoms with Crippen molar-refractivity contribution < 1.29 is 9.72 Å². The summed E-state index contributed by atoms with van der Waals surface area (Å²) in [7, 11) is 0. The minimum absolute atomic E-state index is 0.00876. The molecule has 0 fully saturated rings. The number of aromatic nitrogens is 2. The zero-order chi connectivity index (χ0) is 18.4. The lowest BCUT2D eigenvalue weighted by Gasteiger charge is -2.05. The molecule has 0 aliphatic carbocycles. The van der Waals surface area contributed by atoms with E-state index in [1.54, 1.807) is 30.7 Å². The van der Waals surface area contributed by atoms with E-state index in [0.29, 0.717) is 12.1 Å². The van der Waals surface area contributed by atoms with Gasteiger partial charge in [0.05, 0.1) is 11.3 Å². The number of imidazole rings is 1. The van der Waals surface area contributed by atoms with Gasteiger partial charge in [0.15, 0.2) is 0 Å². The second kappa shape index (κ2) is 7.89. The average Bonchev–Trinajstić information content (AvgIpc) is 3.20. The summed E-state index contributed by atoms with van der Waals surface area (Å²) in [6.45, 7) is 0.391. The van der Waals surface area contributed by atoms with Gasteiger partial charge in [0.25, 0.3) is 5.69 Å². The van der Waals surface area contributed by atoms with Crippen molar-refractivity contribution in [3.63, 3.8) is 0 Å². The molecule has 26 heavy (non-hydrogen) atoms. The Morgan fingerprint density at radius 3 is 2.73 bits per heavy atom. The van der Waals surface area contributed by atoms with E-state index >= 15 is 0 Å². The minimum atomic E-state index is -0.467. The third-order valence-corrected chi connectivity index (χ3v) is 3.71. The van der Waals surface area contributed by atoms with Gasteiger partial charge in [-0.25, -0.2) is 4.98 Å². The number of carbonyl (C=O) groups excluding carboxylic acids is 1. The summed E-state index contributed by atoms with van der Waals surface area (Å²) in [5, 5.41) is 13.5. The van der Waals surface area contributed by atoms with Crippen LogP contribution in [0.4, 0.5) is 5.69 Å². The first-order chi connectivity index (χ1) is 12.6. The predicted octanol–water partition coefficient (Wildman–Crippen LogP) is 3.11. The minimum Gasteiger partial charge on any atom is -0.348 e.